The lowest BCUT2D eigenvalue weighted by molar-refractivity contribution is 0.855. The number of rotatable bonds is 3. The molecule has 21 heavy (non-hydrogen) atoms. The van der Waals surface area contributed by atoms with E-state index in [2.05, 4.69) is 27.1 Å². The average Bonchev–Trinajstić information content (AvgIpc) is 2.77. The van der Waals surface area contributed by atoms with Crippen LogP contribution in [0.25, 0.3) is 22.4 Å². The van der Waals surface area contributed by atoms with Gasteiger partial charge in [-0.15, -0.1) is 0 Å². The number of nitrogens with zero attached hydrogens (tertiary/aromatic N) is 2. The Morgan fingerprint density at radius 3 is 2.67 bits per heavy atom. The van der Waals surface area contributed by atoms with Crippen molar-refractivity contribution in [1.82, 2.24) is 9.55 Å². The van der Waals surface area contributed by atoms with E-state index in [1.807, 2.05) is 36.4 Å². The maximum atomic E-state index is 6.33. The van der Waals surface area contributed by atoms with Gasteiger partial charge in [0.15, 0.2) is 0 Å². The predicted octanol–water partition coefficient (Wildman–Crippen LogP) is 5.92. The van der Waals surface area contributed by atoms with Crippen molar-refractivity contribution in [3.8, 4) is 11.4 Å². The molecule has 1 heterocycles. The molecule has 0 saturated heterocycles. The second-order valence-corrected chi connectivity index (χ2v) is 6.62. The van der Waals surface area contributed by atoms with Gasteiger partial charge in [-0.1, -0.05) is 57.8 Å². The van der Waals surface area contributed by atoms with Crippen LogP contribution in [0.1, 0.15) is 0 Å². The highest BCUT2D eigenvalue weighted by molar-refractivity contribution is 9.11. The number of hydrogen-bond acceptors (Lipinski definition) is 1. The van der Waals surface area contributed by atoms with Crippen molar-refractivity contribution >= 4 is 50.2 Å². The van der Waals surface area contributed by atoms with Crippen LogP contribution in [-0.4, -0.2) is 9.55 Å². The largest absolute Gasteiger partial charge is 0.319 e. The summed E-state index contributed by atoms with van der Waals surface area (Å²) in [6.45, 7) is 4.54. The Bertz CT molecular complexity index is 839. The van der Waals surface area contributed by atoms with Gasteiger partial charge in [0.25, 0.3) is 0 Å². The highest BCUT2D eigenvalue weighted by Gasteiger charge is 2.15. The van der Waals surface area contributed by atoms with Gasteiger partial charge < -0.3 is 4.57 Å². The summed E-state index contributed by atoms with van der Waals surface area (Å²) in [5.41, 5.74) is 2.82. The normalized spacial score (nSPS) is 11.0. The van der Waals surface area contributed by atoms with Gasteiger partial charge in [0.05, 0.1) is 22.6 Å². The quantitative estimate of drug-likeness (QED) is 0.550. The van der Waals surface area contributed by atoms with Crippen LogP contribution in [0.15, 0.2) is 53.5 Å². The molecule has 0 unspecified atom stereocenters. The number of benzene rings is 2. The Hall–Kier alpha value is -1.29. The predicted molar refractivity (Wildman–Crippen MR) is 93.3 cm³/mol. The van der Waals surface area contributed by atoms with E-state index in [1.54, 1.807) is 6.07 Å². The van der Waals surface area contributed by atoms with Gasteiger partial charge in [0, 0.05) is 15.1 Å². The highest BCUT2D eigenvalue weighted by Crippen LogP contribution is 2.32. The van der Waals surface area contributed by atoms with Gasteiger partial charge in [-0.3, -0.25) is 0 Å². The van der Waals surface area contributed by atoms with Crippen LogP contribution in [0.2, 0.25) is 10.0 Å². The molecule has 0 atom stereocenters. The van der Waals surface area contributed by atoms with Crippen molar-refractivity contribution in [3.63, 3.8) is 0 Å². The molecule has 0 fully saturated rings. The number of imidazole rings is 1. The van der Waals surface area contributed by atoms with Gasteiger partial charge in [0.2, 0.25) is 0 Å². The maximum absolute atomic E-state index is 6.33. The van der Waals surface area contributed by atoms with Gasteiger partial charge >= 0.3 is 0 Å². The second kappa shape index (κ2) is 5.84. The highest BCUT2D eigenvalue weighted by atomic mass is 79.9. The minimum absolute atomic E-state index is 0.583. The fraction of sp³-hybridized carbons (Fsp3) is 0.0625. The first kappa shape index (κ1) is 14.6. The molecule has 106 valence electrons. The van der Waals surface area contributed by atoms with E-state index in [0.29, 0.717) is 16.6 Å². The van der Waals surface area contributed by atoms with Gasteiger partial charge in [0.1, 0.15) is 5.82 Å². The summed E-state index contributed by atoms with van der Waals surface area (Å²) < 4.78 is 2.96. The van der Waals surface area contributed by atoms with Gasteiger partial charge in [-0.05, 0) is 30.3 Å². The average molecular weight is 382 g/mol. The standard InChI is InChI=1S/C16H11BrCl2N2/c1-10(17)9-21-15-5-3-2-4-14(15)20-16(21)12-7-6-11(18)8-13(12)19/h2-8H,1,9H2. The zero-order valence-electron chi connectivity index (χ0n) is 11.0. The molecule has 2 aromatic carbocycles. The minimum atomic E-state index is 0.583. The molecular formula is C16H11BrCl2N2. The molecule has 0 aliphatic carbocycles. The molecule has 3 rings (SSSR count). The number of aromatic nitrogens is 2. The molecule has 3 aromatic rings. The molecule has 5 heteroatoms. The lowest BCUT2D eigenvalue weighted by Crippen LogP contribution is -2.00. The number of para-hydroxylation sites is 2. The molecule has 2 nitrogen and oxygen atoms in total. The Morgan fingerprint density at radius 1 is 1.19 bits per heavy atom. The summed E-state index contributed by atoms with van der Waals surface area (Å²) >= 11 is 15.7. The first-order chi connectivity index (χ1) is 10.1. The van der Waals surface area contributed by atoms with E-state index >= 15 is 0 Å². The third kappa shape index (κ3) is 2.86. The Labute approximate surface area is 141 Å². The van der Waals surface area contributed by atoms with Crippen molar-refractivity contribution in [2.45, 2.75) is 6.54 Å². The van der Waals surface area contributed by atoms with Crippen LogP contribution < -0.4 is 0 Å². The Kier molecular flexibility index (Phi) is 4.07. The van der Waals surface area contributed by atoms with Crippen LogP contribution in [0, 0.1) is 0 Å². The third-order valence-electron chi connectivity index (χ3n) is 3.16. The van der Waals surface area contributed by atoms with Gasteiger partial charge in [-0.25, -0.2) is 4.98 Å². The van der Waals surface area contributed by atoms with Crippen LogP contribution in [0.4, 0.5) is 0 Å². The smallest absolute Gasteiger partial charge is 0.142 e. The molecule has 0 amide bonds. The molecule has 0 N–H and O–H groups in total. The van der Waals surface area contributed by atoms with Crippen molar-refractivity contribution in [2.75, 3.05) is 0 Å². The number of allylic oxidation sites excluding steroid dienone is 1. The summed E-state index contributed by atoms with van der Waals surface area (Å²) in [5.74, 6) is 0.804. The fourth-order valence-electron chi connectivity index (χ4n) is 2.28. The molecule has 0 radical (unpaired) electrons. The van der Waals surface area contributed by atoms with Crippen LogP contribution in [-0.2, 0) is 6.54 Å². The van der Waals surface area contributed by atoms with Crippen molar-refractivity contribution in [3.05, 3.63) is 63.6 Å². The van der Waals surface area contributed by atoms with Crippen LogP contribution in [0.3, 0.4) is 0 Å². The molecular weight excluding hydrogens is 371 g/mol. The van der Waals surface area contributed by atoms with E-state index in [4.69, 9.17) is 28.2 Å². The molecule has 1 aromatic heterocycles. The lowest BCUT2D eigenvalue weighted by Gasteiger charge is -2.10. The summed E-state index contributed by atoms with van der Waals surface area (Å²) in [7, 11) is 0. The fourth-order valence-corrected chi connectivity index (χ4v) is 3.03. The zero-order valence-corrected chi connectivity index (χ0v) is 14.1. The van der Waals surface area contributed by atoms with Gasteiger partial charge in [-0.2, -0.15) is 0 Å². The van der Waals surface area contributed by atoms with E-state index in [-0.39, 0.29) is 0 Å². The van der Waals surface area contributed by atoms with E-state index in [1.165, 1.54) is 0 Å². The van der Waals surface area contributed by atoms with E-state index in [0.717, 1.165) is 26.9 Å². The minimum Gasteiger partial charge on any atom is -0.319 e. The third-order valence-corrected chi connectivity index (χ3v) is 3.95. The van der Waals surface area contributed by atoms with Crippen molar-refractivity contribution in [2.24, 2.45) is 0 Å². The molecule has 0 aliphatic heterocycles. The summed E-state index contributed by atoms with van der Waals surface area (Å²) in [5, 5.41) is 1.19. The summed E-state index contributed by atoms with van der Waals surface area (Å²) in [6, 6.07) is 13.4. The molecule has 0 saturated carbocycles. The number of fused-ring (bicyclic) bond motifs is 1. The Balaban J connectivity index is 2.28. The van der Waals surface area contributed by atoms with Crippen LogP contribution >= 0.6 is 39.1 Å². The van der Waals surface area contributed by atoms with Crippen LogP contribution in [0.5, 0.6) is 0 Å². The molecule has 0 bridgehead atoms. The SMILES string of the molecule is C=C(Br)Cn1c(-c2ccc(Cl)cc2Cl)nc2ccccc21. The Morgan fingerprint density at radius 2 is 1.95 bits per heavy atom. The van der Waals surface area contributed by atoms with E-state index < -0.39 is 0 Å². The first-order valence-electron chi connectivity index (χ1n) is 6.30. The maximum Gasteiger partial charge on any atom is 0.142 e. The number of halogens is 3. The van der Waals surface area contributed by atoms with E-state index in [9.17, 15) is 0 Å². The summed E-state index contributed by atoms with van der Waals surface area (Å²) in [6.07, 6.45) is 0. The topological polar surface area (TPSA) is 17.8 Å². The molecule has 0 spiro atoms. The van der Waals surface area contributed by atoms with Crippen molar-refractivity contribution in [1.29, 1.82) is 0 Å². The monoisotopic (exact) mass is 380 g/mol. The number of hydrogen-bond donors (Lipinski definition) is 0. The second-order valence-electron chi connectivity index (χ2n) is 4.65. The zero-order chi connectivity index (χ0) is 15.0. The summed E-state index contributed by atoms with van der Waals surface area (Å²) in [4.78, 5) is 4.70. The molecule has 0 aliphatic rings. The van der Waals surface area contributed by atoms with Crippen molar-refractivity contribution < 1.29 is 0 Å². The lowest BCUT2D eigenvalue weighted by atomic mass is 10.2. The first-order valence-corrected chi connectivity index (χ1v) is 7.85.